The van der Waals surface area contributed by atoms with E-state index in [1.165, 1.54) is 65.6 Å². The van der Waals surface area contributed by atoms with Crippen molar-refractivity contribution in [1.29, 1.82) is 0 Å². The highest BCUT2D eigenvalue weighted by atomic mass is 15.2. The van der Waals surface area contributed by atoms with Gasteiger partial charge in [0.05, 0.1) is 16.6 Å². The van der Waals surface area contributed by atoms with Gasteiger partial charge in [0.1, 0.15) is 0 Å². The fraction of sp³-hybridized carbons (Fsp3) is 0.0588. The third kappa shape index (κ3) is 5.34. The number of hydrogen-bond acceptors (Lipinski definition) is 1. The summed E-state index contributed by atoms with van der Waals surface area (Å²) < 4.78 is 2.42. The summed E-state index contributed by atoms with van der Waals surface area (Å²) in [5.74, 6) is 0. The second-order valence-corrected chi connectivity index (χ2v) is 14.4. The van der Waals surface area contributed by atoms with Gasteiger partial charge < -0.3 is 9.47 Å². The van der Waals surface area contributed by atoms with E-state index in [0.29, 0.717) is 0 Å². The van der Waals surface area contributed by atoms with Crippen molar-refractivity contribution in [3.05, 3.63) is 206 Å². The highest BCUT2D eigenvalue weighted by Gasteiger charge is 2.32. The van der Waals surface area contributed by atoms with Crippen LogP contribution in [0.1, 0.15) is 18.9 Å². The first-order valence-electron chi connectivity index (χ1n) is 18.5. The van der Waals surface area contributed by atoms with Gasteiger partial charge in [-0.3, -0.25) is 0 Å². The molecule has 1 aliphatic carbocycles. The van der Waals surface area contributed by atoms with Gasteiger partial charge in [0.15, 0.2) is 0 Å². The van der Waals surface area contributed by atoms with E-state index < -0.39 is 0 Å². The van der Waals surface area contributed by atoms with E-state index in [9.17, 15) is 0 Å². The van der Waals surface area contributed by atoms with Crippen molar-refractivity contribution in [2.75, 3.05) is 4.90 Å². The predicted molar refractivity (Wildman–Crippen MR) is 226 cm³/mol. The molecule has 0 saturated carbocycles. The summed E-state index contributed by atoms with van der Waals surface area (Å²) in [7, 11) is 0. The lowest BCUT2D eigenvalue weighted by atomic mass is 9.85. The molecule has 2 heteroatoms. The van der Waals surface area contributed by atoms with Gasteiger partial charge in [-0.1, -0.05) is 146 Å². The number of aromatic nitrogens is 1. The quantitative estimate of drug-likeness (QED) is 0.170. The standard InChI is InChI=1S/C51H38N2/c1-51(33-31-39(32-34-51)36-11-3-2-4-12-36)53(44-24-21-38(22-25-44)42-20-19-37-13-5-6-15-41(37)35-42)45-28-26-43(27-29-45)52-48-18-10-9-17-47(48)50-46-16-8-7-14-40(46)23-30-49(50)52/h2-33,35H,34H2,1H3. The number of rotatable bonds is 6. The van der Waals surface area contributed by atoms with Gasteiger partial charge in [-0.15, -0.1) is 0 Å². The molecule has 0 N–H and O–H groups in total. The van der Waals surface area contributed by atoms with Gasteiger partial charge >= 0.3 is 0 Å². The lowest BCUT2D eigenvalue weighted by Gasteiger charge is -2.42. The molecule has 1 unspecified atom stereocenters. The molecular weight excluding hydrogens is 641 g/mol. The summed E-state index contributed by atoms with van der Waals surface area (Å²) in [5, 5.41) is 7.65. The first kappa shape index (κ1) is 31.1. The zero-order valence-electron chi connectivity index (χ0n) is 29.7. The molecule has 0 spiro atoms. The van der Waals surface area contributed by atoms with Gasteiger partial charge in [0.25, 0.3) is 0 Å². The molecule has 1 aliphatic rings. The van der Waals surface area contributed by atoms with Crippen molar-refractivity contribution in [1.82, 2.24) is 4.57 Å². The molecule has 2 nitrogen and oxygen atoms in total. The van der Waals surface area contributed by atoms with Gasteiger partial charge in [-0.05, 0) is 112 Å². The van der Waals surface area contributed by atoms with Crippen LogP contribution >= 0.6 is 0 Å². The Balaban J connectivity index is 1.07. The maximum Gasteiger partial charge on any atom is 0.0643 e. The van der Waals surface area contributed by atoms with Crippen LogP contribution in [0, 0.1) is 0 Å². The van der Waals surface area contributed by atoms with Crippen molar-refractivity contribution in [2.24, 2.45) is 0 Å². The third-order valence-corrected chi connectivity index (χ3v) is 11.1. The summed E-state index contributed by atoms with van der Waals surface area (Å²) in [6, 6.07) is 66.3. The molecule has 1 heterocycles. The van der Waals surface area contributed by atoms with Crippen molar-refractivity contribution in [3.8, 4) is 16.8 Å². The van der Waals surface area contributed by atoms with Crippen LogP contribution in [-0.4, -0.2) is 10.1 Å². The Morgan fingerprint density at radius 1 is 0.491 bits per heavy atom. The average molecular weight is 679 g/mol. The van der Waals surface area contributed by atoms with Gasteiger partial charge in [-0.2, -0.15) is 0 Å². The minimum Gasteiger partial charge on any atom is -0.332 e. The van der Waals surface area contributed by atoms with Crippen LogP contribution in [0.3, 0.4) is 0 Å². The zero-order chi connectivity index (χ0) is 35.4. The van der Waals surface area contributed by atoms with Crippen LogP contribution in [-0.2, 0) is 0 Å². The summed E-state index contributed by atoms with van der Waals surface area (Å²) in [4.78, 5) is 2.51. The van der Waals surface area contributed by atoms with Gasteiger partial charge in [0, 0.05) is 27.8 Å². The smallest absolute Gasteiger partial charge is 0.0643 e. The van der Waals surface area contributed by atoms with Crippen molar-refractivity contribution >= 4 is 60.3 Å². The first-order chi connectivity index (χ1) is 26.1. The molecule has 0 saturated heterocycles. The Kier molecular flexibility index (Phi) is 7.37. The number of benzene rings is 8. The second kappa shape index (κ2) is 12.5. The molecule has 0 amide bonds. The summed E-state index contributed by atoms with van der Waals surface area (Å²) in [5.41, 5.74) is 10.6. The van der Waals surface area contributed by atoms with E-state index in [1.807, 2.05) is 0 Å². The van der Waals surface area contributed by atoms with Crippen LogP contribution in [0.5, 0.6) is 0 Å². The fourth-order valence-electron chi connectivity index (χ4n) is 8.41. The van der Waals surface area contributed by atoms with Crippen molar-refractivity contribution in [3.63, 3.8) is 0 Å². The number of anilines is 2. The van der Waals surface area contributed by atoms with E-state index >= 15 is 0 Å². The molecule has 1 aromatic heterocycles. The maximum atomic E-state index is 2.51. The lowest BCUT2D eigenvalue weighted by molar-refractivity contribution is 0.571. The molecule has 0 aliphatic heterocycles. The van der Waals surface area contributed by atoms with E-state index in [4.69, 9.17) is 0 Å². The SMILES string of the molecule is CC1(N(c2ccc(-c3ccc4ccccc4c3)cc2)c2ccc(-n3c4ccccc4c4c5ccccc5ccc43)cc2)C=CC(c2ccccc2)=CC1. The van der Waals surface area contributed by atoms with Crippen LogP contribution in [0.15, 0.2) is 200 Å². The molecule has 8 aromatic carbocycles. The molecule has 252 valence electrons. The van der Waals surface area contributed by atoms with E-state index in [2.05, 4.69) is 217 Å². The minimum absolute atomic E-state index is 0.282. The summed E-state index contributed by atoms with van der Waals surface area (Å²) >= 11 is 0. The molecule has 0 bridgehead atoms. The Hall–Kier alpha value is -6.64. The van der Waals surface area contributed by atoms with E-state index in [-0.39, 0.29) is 5.54 Å². The number of para-hydroxylation sites is 1. The monoisotopic (exact) mass is 678 g/mol. The van der Waals surface area contributed by atoms with Crippen molar-refractivity contribution in [2.45, 2.75) is 18.9 Å². The molecule has 53 heavy (non-hydrogen) atoms. The minimum atomic E-state index is -0.282. The number of hydrogen-bond donors (Lipinski definition) is 0. The molecule has 0 fully saturated rings. The Bertz CT molecular complexity index is 2860. The normalized spacial score (nSPS) is 15.7. The second-order valence-electron chi connectivity index (χ2n) is 14.4. The Labute approximate surface area is 310 Å². The molecular formula is C51H38N2. The van der Waals surface area contributed by atoms with Gasteiger partial charge in [0.2, 0.25) is 0 Å². The number of nitrogens with zero attached hydrogens (tertiary/aromatic N) is 2. The average Bonchev–Trinajstić information content (AvgIpc) is 3.57. The molecule has 10 rings (SSSR count). The predicted octanol–water partition coefficient (Wildman–Crippen LogP) is 13.7. The summed E-state index contributed by atoms with van der Waals surface area (Å²) in [6.45, 7) is 2.35. The highest BCUT2D eigenvalue weighted by molar-refractivity contribution is 6.21. The highest BCUT2D eigenvalue weighted by Crippen LogP contribution is 2.42. The van der Waals surface area contributed by atoms with Crippen molar-refractivity contribution < 1.29 is 0 Å². The molecule has 0 radical (unpaired) electrons. The van der Waals surface area contributed by atoms with Crippen LogP contribution in [0.4, 0.5) is 11.4 Å². The maximum absolute atomic E-state index is 2.51. The van der Waals surface area contributed by atoms with E-state index in [1.54, 1.807) is 0 Å². The molecule has 1 atom stereocenters. The first-order valence-corrected chi connectivity index (χ1v) is 18.5. The summed E-state index contributed by atoms with van der Waals surface area (Å²) in [6.07, 6.45) is 7.95. The zero-order valence-corrected chi connectivity index (χ0v) is 29.7. The Morgan fingerprint density at radius 2 is 1.11 bits per heavy atom. The van der Waals surface area contributed by atoms with Crippen LogP contribution in [0.25, 0.3) is 65.7 Å². The number of fused-ring (bicyclic) bond motifs is 6. The third-order valence-electron chi connectivity index (χ3n) is 11.1. The fourth-order valence-corrected chi connectivity index (χ4v) is 8.41. The largest absolute Gasteiger partial charge is 0.332 e. The van der Waals surface area contributed by atoms with Crippen LogP contribution in [0.2, 0.25) is 0 Å². The lowest BCUT2D eigenvalue weighted by Crippen LogP contribution is -2.42. The van der Waals surface area contributed by atoms with Crippen LogP contribution < -0.4 is 4.90 Å². The van der Waals surface area contributed by atoms with E-state index in [0.717, 1.165) is 23.5 Å². The number of allylic oxidation sites excluding steroid dienone is 2. The topological polar surface area (TPSA) is 8.17 Å². The van der Waals surface area contributed by atoms with Gasteiger partial charge in [-0.25, -0.2) is 0 Å². The molecule has 9 aromatic rings. The Morgan fingerprint density at radius 3 is 1.87 bits per heavy atom.